The van der Waals surface area contributed by atoms with Crippen LogP contribution in [0.4, 0.5) is 0 Å². The molecule has 1 atom stereocenters. The maximum Gasteiger partial charge on any atom is 0.0690 e. The van der Waals surface area contributed by atoms with E-state index in [9.17, 15) is 0 Å². The van der Waals surface area contributed by atoms with Crippen molar-refractivity contribution in [3.05, 3.63) is 0 Å². The largest absolute Gasteiger partial charge is 0.298 e. The van der Waals surface area contributed by atoms with Crippen LogP contribution < -0.4 is 10.6 Å². The molecule has 2 heteroatoms. The minimum atomic E-state index is 0.347. The molecule has 1 aliphatic heterocycles. The Bertz CT molecular complexity index is 171. The molecule has 1 aliphatic carbocycles. The van der Waals surface area contributed by atoms with Crippen LogP contribution in [0.25, 0.3) is 0 Å². The van der Waals surface area contributed by atoms with E-state index in [1.165, 1.54) is 38.6 Å². The molecule has 0 aromatic heterocycles. The third-order valence-electron chi connectivity index (χ3n) is 3.38. The smallest absolute Gasteiger partial charge is 0.0690 e. The fourth-order valence-electron chi connectivity index (χ4n) is 2.82. The van der Waals surface area contributed by atoms with Gasteiger partial charge in [0.05, 0.1) is 5.66 Å². The number of hydrogen-bond acceptors (Lipinski definition) is 2. The number of nitrogens with one attached hydrogen (secondary N) is 2. The van der Waals surface area contributed by atoms with Gasteiger partial charge < -0.3 is 0 Å². The lowest BCUT2D eigenvalue weighted by atomic mass is 10.0. The first-order chi connectivity index (χ1) is 6.20. The van der Waals surface area contributed by atoms with E-state index in [2.05, 4.69) is 24.5 Å². The Labute approximate surface area is 81.5 Å². The summed E-state index contributed by atoms with van der Waals surface area (Å²) in [7, 11) is 0. The Morgan fingerprint density at radius 3 is 2.62 bits per heavy atom. The van der Waals surface area contributed by atoms with Crippen molar-refractivity contribution in [2.45, 2.75) is 57.7 Å². The molecule has 2 aliphatic rings. The van der Waals surface area contributed by atoms with E-state index in [1.54, 1.807) is 0 Å². The molecule has 2 rings (SSSR count). The van der Waals surface area contributed by atoms with Crippen LogP contribution >= 0.6 is 0 Å². The molecule has 0 aromatic rings. The summed E-state index contributed by atoms with van der Waals surface area (Å²) in [5.41, 5.74) is 0.347. The molecule has 2 fully saturated rings. The fraction of sp³-hybridized carbons (Fsp3) is 1.00. The third kappa shape index (κ3) is 2.05. The Kier molecular flexibility index (Phi) is 2.61. The Morgan fingerprint density at radius 2 is 2.00 bits per heavy atom. The molecular formula is C11H22N2. The van der Waals surface area contributed by atoms with E-state index in [1.807, 2.05) is 0 Å². The van der Waals surface area contributed by atoms with E-state index in [4.69, 9.17) is 0 Å². The highest BCUT2D eigenvalue weighted by Gasteiger charge is 2.39. The van der Waals surface area contributed by atoms with Gasteiger partial charge >= 0.3 is 0 Å². The molecule has 13 heavy (non-hydrogen) atoms. The Hall–Kier alpha value is -0.0800. The molecule has 2 nitrogen and oxygen atoms in total. The lowest BCUT2D eigenvalue weighted by Gasteiger charge is -2.25. The molecule has 1 saturated heterocycles. The van der Waals surface area contributed by atoms with E-state index in [0.717, 1.165) is 12.0 Å². The van der Waals surface area contributed by atoms with Crippen molar-refractivity contribution in [1.82, 2.24) is 10.6 Å². The number of rotatable bonds is 2. The van der Waals surface area contributed by atoms with Crippen LogP contribution in [0.3, 0.4) is 0 Å². The summed E-state index contributed by atoms with van der Waals surface area (Å²) in [6, 6.07) is 0.720. The topological polar surface area (TPSA) is 24.1 Å². The van der Waals surface area contributed by atoms with E-state index < -0.39 is 0 Å². The molecule has 0 aromatic carbocycles. The normalized spacial score (nSPS) is 32.1. The molecule has 76 valence electrons. The van der Waals surface area contributed by atoms with Gasteiger partial charge in [0.1, 0.15) is 0 Å². The van der Waals surface area contributed by atoms with Crippen LogP contribution in [0.2, 0.25) is 0 Å². The van der Waals surface area contributed by atoms with Crippen LogP contribution in [0, 0.1) is 5.92 Å². The molecule has 0 amide bonds. The highest BCUT2D eigenvalue weighted by Crippen LogP contribution is 2.31. The maximum atomic E-state index is 3.79. The van der Waals surface area contributed by atoms with Crippen molar-refractivity contribution >= 4 is 0 Å². The van der Waals surface area contributed by atoms with Crippen molar-refractivity contribution in [1.29, 1.82) is 0 Å². The summed E-state index contributed by atoms with van der Waals surface area (Å²) >= 11 is 0. The van der Waals surface area contributed by atoms with Crippen molar-refractivity contribution < 1.29 is 0 Å². The summed E-state index contributed by atoms with van der Waals surface area (Å²) in [5.74, 6) is 0.816. The second kappa shape index (κ2) is 3.58. The van der Waals surface area contributed by atoms with E-state index >= 15 is 0 Å². The molecule has 1 heterocycles. The summed E-state index contributed by atoms with van der Waals surface area (Å²) in [6.07, 6.45) is 6.78. The number of hydrogen-bond donors (Lipinski definition) is 2. The molecular weight excluding hydrogens is 160 g/mol. The standard InChI is InChI=1S/C11H22N2/c1-9(2)7-10-8-12-11(13-10)5-3-4-6-11/h9-10,12-13H,3-8H2,1-2H3/t10-/m0/s1. The van der Waals surface area contributed by atoms with Gasteiger partial charge in [0.15, 0.2) is 0 Å². The van der Waals surface area contributed by atoms with Crippen molar-refractivity contribution in [3.8, 4) is 0 Å². The van der Waals surface area contributed by atoms with Crippen LogP contribution in [0.15, 0.2) is 0 Å². The molecule has 1 saturated carbocycles. The van der Waals surface area contributed by atoms with Crippen molar-refractivity contribution in [3.63, 3.8) is 0 Å². The lowest BCUT2D eigenvalue weighted by molar-refractivity contribution is 0.321. The minimum Gasteiger partial charge on any atom is -0.298 e. The second-order valence-electron chi connectivity index (χ2n) is 5.14. The first kappa shape index (κ1) is 9.47. The average molecular weight is 182 g/mol. The predicted molar refractivity (Wildman–Crippen MR) is 55.6 cm³/mol. The summed E-state index contributed by atoms with van der Waals surface area (Å²) in [4.78, 5) is 0. The molecule has 0 bridgehead atoms. The summed E-state index contributed by atoms with van der Waals surface area (Å²) in [6.45, 7) is 5.79. The zero-order valence-corrected chi connectivity index (χ0v) is 8.90. The van der Waals surface area contributed by atoms with Gasteiger partial charge in [0.25, 0.3) is 0 Å². The van der Waals surface area contributed by atoms with E-state index in [0.29, 0.717) is 5.66 Å². The highest BCUT2D eigenvalue weighted by atomic mass is 15.3. The fourth-order valence-corrected chi connectivity index (χ4v) is 2.82. The van der Waals surface area contributed by atoms with Gasteiger partial charge in [-0.25, -0.2) is 0 Å². The average Bonchev–Trinajstić information content (AvgIpc) is 2.63. The van der Waals surface area contributed by atoms with Crippen molar-refractivity contribution in [2.75, 3.05) is 6.54 Å². The van der Waals surface area contributed by atoms with Gasteiger partial charge in [-0.15, -0.1) is 0 Å². The van der Waals surface area contributed by atoms with E-state index in [-0.39, 0.29) is 0 Å². The first-order valence-electron chi connectivity index (χ1n) is 5.73. The molecule has 1 spiro atoms. The molecule has 0 radical (unpaired) electrons. The lowest BCUT2D eigenvalue weighted by Crippen LogP contribution is -2.47. The van der Waals surface area contributed by atoms with Gasteiger partial charge in [-0.1, -0.05) is 26.7 Å². The maximum absolute atomic E-state index is 3.79. The minimum absolute atomic E-state index is 0.347. The van der Waals surface area contributed by atoms with Gasteiger partial charge in [0, 0.05) is 12.6 Å². The zero-order valence-electron chi connectivity index (χ0n) is 8.90. The predicted octanol–water partition coefficient (Wildman–Crippen LogP) is 1.86. The summed E-state index contributed by atoms with van der Waals surface area (Å²) in [5, 5.41) is 7.46. The van der Waals surface area contributed by atoms with Crippen LogP contribution in [0.1, 0.15) is 46.0 Å². The van der Waals surface area contributed by atoms with Gasteiger partial charge in [-0.05, 0) is 25.2 Å². The van der Waals surface area contributed by atoms with Crippen LogP contribution in [0.5, 0.6) is 0 Å². The Balaban J connectivity index is 1.86. The SMILES string of the molecule is CC(C)C[C@H]1CNC2(CCCC2)N1. The summed E-state index contributed by atoms with van der Waals surface area (Å²) < 4.78 is 0. The first-order valence-corrected chi connectivity index (χ1v) is 5.73. The Morgan fingerprint density at radius 1 is 1.31 bits per heavy atom. The van der Waals surface area contributed by atoms with Crippen LogP contribution in [-0.4, -0.2) is 18.2 Å². The van der Waals surface area contributed by atoms with Crippen LogP contribution in [-0.2, 0) is 0 Å². The molecule has 0 unspecified atom stereocenters. The van der Waals surface area contributed by atoms with Crippen molar-refractivity contribution in [2.24, 2.45) is 5.92 Å². The van der Waals surface area contributed by atoms with Gasteiger partial charge in [-0.3, -0.25) is 10.6 Å². The highest BCUT2D eigenvalue weighted by molar-refractivity contribution is 4.99. The zero-order chi connectivity index (χ0) is 9.31. The monoisotopic (exact) mass is 182 g/mol. The second-order valence-corrected chi connectivity index (χ2v) is 5.14. The van der Waals surface area contributed by atoms with Gasteiger partial charge in [-0.2, -0.15) is 0 Å². The molecule has 2 N–H and O–H groups in total. The third-order valence-corrected chi connectivity index (χ3v) is 3.38. The van der Waals surface area contributed by atoms with Gasteiger partial charge in [0.2, 0.25) is 0 Å². The quantitative estimate of drug-likeness (QED) is 0.681.